The summed E-state index contributed by atoms with van der Waals surface area (Å²) >= 11 is 1.63. The van der Waals surface area contributed by atoms with Gasteiger partial charge in [0.2, 0.25) is 0 Å². The van der Waals surface area contributed by atoms with Crippen molar-refractivity contribution in [1.29, 1.82) is 5.26 Å². The van der Waals surface area contributed by atoms with Crippen molar-refractivity contribution in [3.8, 4) is 23.2 Å². The summed E-state index contributed by atoms with van der Waals surface area (Å²) in [4.78, 5) is 0. The van der Waals surface area contributed by atoms with Crippen LogP contribution in [0.2, 0.25) is 0 Å². The Balaban J connectivity index is 1.97. The summed E-state index contributed by atoms with van der Waals surface area (Å²) in [6.45, 7) is 2.32. The van der Waals surface area contributed by atoms with E-state index in [1.165, 1.54) is 19.3 Å². The first-order chi connectivity index (χ1) is 12.2. The smallest absolute Gasteiger partial charge is 0.191 e. The van der Waals surface area contributed by atoms with Crippen LogP contribution < -0.4 is 4.74 Å². The Morgan fingerprint density at radius 2 is 2.00 bits per heavy atom. The van der Waals surface area contributed by atoms with E-state index in [1.807, 2.05) is 24.3 Å². The third-order valence-corrected chi connectivity index (χ3v) is 5.80. The predicted molar refractivity (Wildman–Crippen MR) is 99.6 cm³/mol. The summed E-state index contributed by atoms with van der Waals surface area (Å²) in [5.74, 6) is 3.11. The quantitative estimate of drug-likeness (QED) is 0.554. The van der Waals surface area contributed by atoms with Gasteiger partial charge in [0.25, 0.3) is 0 Å². The maximum absolute atomic E-state index is 8.82. The lowest BCUT2D eigenvalue weighted by molar-refractivity contribution is 0.247. The highest BCUT2D eigenvalue weighted by Gasteiger charge is 2.28. The van der Waals surface area contributed by atoms with Crippen molar-refractivity contribution in [2.24, 2.45) is 5.92 Å². The molecule has 0 N–H and O–H groups in total. The molecule has 1 aromatic heterocycles. The maximum atomic E-state index is 8.82. The minimum absolute atomic E-state index is 0.422. The number of rotatable bonds is 6. The molecule has 0 unspecified atom stereocenters. The van der Waals surface area contributed by atoms with Gasteiger partial charge in [-0.2, -0.15) is 5.26 Å². The Morgan fingerprint density at radius 1 is 1.24 bits per heavy atom. The highest BCUT2D eigenvalue weighted by Crippen LogP contribution is 2.39. The normalized spacial score (nSPS) is 20.2. The number of hydrogen-bond donors (Lipinski definition) is 0. The number of aromatic nitrogens is 3. The van der Waals surface area contributed by atoms with Gasteiger partial charge >= 0.3 is 0 Å². The molecule has 0 radical (unpaired) electrons. The SMILES string of the molecule is COc1ccc(-c2nnc(SCCC#N)n2[C@H]2CCCC[C@@H]2C)cc1. The Labute approximate surface area is 153 Å². The summed E-state index contributed by atoms with van der Waals surface area (Å²) < 4.78 is 7.57. The number of benzene rings is 1. The first kappa shape index (κ1) is 17.8. The molecule has 1 aliphatic carbocycles. The summed E-state index contributed by atoms with van der Waals surface area (Å²) in [6.07, 6.45) is 5.48. The van der Waals surface area contributed by atoms with Gasteiger partial charge in [0, 0.05) is 23.8 Å². The van der Waals surface area contributed by atoms with Crippen LogP contribution in [0.25, 0.3) is 11.4 Å². The van der Waals surface area contributed by atoms with Gasteiger partial charge in [-0.15, -0.1) is 10.2 Å². The monoisotopic (exact) mass is 356 g/mol. The zero-order valence-electron chi connectivity index (χ0n) is 14.8. The third-order valence-electron chi connectivity index (χ3n) is 4.86. The van der Waals surface area contributed by atoms with Crippen LogP contribution in [0.5, 0.6) is 5.75 Å². The minimum Gasteiger partial charge on any atom is -0.497 e. The van der Waals surface area contributed by atoms with Crippen molar-refractivity contribution in [2.45, 2.75) is 50.2 Å². The van der Waals surface area contributed by atoms with Crippen LogP contribution >= 0.6 is 11.8 Å². The molecule has 6 heteroatoms. The van der Waals surface area contributed by atoms with Crippen LogP contribution in [-0.2, 0) is 0 Å². The third kappa shape index (κ3) is 3.98. The highest BCUT2D eigenvalue weighted by molar-refractivity contribution is 7.99. The van der Waals surface area contributed by atoms with Gasteiger partial charge in [0.05, 0.1) is 13.2 Å². The second-order valence-electron chi connectivity index (χ2n) is 6.49. The molecule has 2 aromatic rings. The summed E-state index contributed by atoms with van der Waals surface area (Å²) in [5.41, 5.74) is 1.05. The van der Waals surface area contributed by atoms with Gasteiger partial charge in [-0.3, -0.25) is 4.57 Å². The lowest BCUT2D eigenvalue weighted by Gasteiger charge is -2.31. The standard InChI is InChI=1S/C19H24N4OS/c1-14-6-3-4-7-17(14)23-18(15-8-10-16(24-2)11-9-15)21-22-19(23)25-13-5-12-20/h8-11,14,17H,3-7,13H2,1-2H3/t14-,17-/m0/s1. The van der Waals surface area contributed by atoms with Crippen molar-refractivity contribution in [3.63, 3.8) is 0 Å². The van der Waals surface area contributed by atoms with E-state index in [0.29, 0.717) is 18.4 Å². The van der Waals surface area contributed by atoms with Crippen LogP contribution in [0.4, 0.5) is 0 Å². The van der Waals surface area contributed by atoms with Crippen molar-refractivity contribution in [3.05, 3.63) is 24.3 Å². The van der Waals surface area contributed by atoms with E-state index in [4.69, 9.17) is 10.00 Å². The molecule has 0 saturated heterocycles. The fraction of sp³-hybridized carbons (Fsp3) is 0.526. The van der Waals surface area contributed by atoms with E-state index in [1.54, 1.807) is 18.9 Å². The largest absolute Gasteiger partial charge is 0.497 e. The summed E-state index contributed by atoms with van der Waals surface area (Å²) in [6, 6.07) is 10.6. The average Bonchev–Trinajstić information content (AvgIpc) is 3.06. The number of hydrogen-bond acceptors (Lipinski definition) is 5. The first-order valence-electron chi connectivity index (χ1n) is 8.83. The number of methoxy groups -OCH3 is 1. The van der Waals surface area contributed by atoms with Crippen molar-refractivity contribution in [1.82, 2.24) is 14.8 Å². The molecule has 1 saturated carbocycles. The molecule has 0 amide bonds. The highest BCUT2D eigenvalue weighted by atomic mass is 32.2. The van der Waals surface area contributed by atoms with E-state index in [-0.39, 0.29) is 0 Å². The molecule has 1 heterocycles. The second-order valence-corrected chi connectivity index (χ2v) is 7.55. The number of nitrogens with zero attached hydrogens (tertiary/aromatic N) is 4. The van der Waals surface area contributed by atoms with Crippen LogP contribution in [0, 0.1) is 17.2 Å². The number of ether oxygens (including phenoxy) is 1. The van der Waals surface area contributed by atoms with Crippen LogP contribution in [0.3, 0.4) is 0 Å². The molecule has 1 fully saturated rings. The molecule has 25 heavy (non-hydrogen) atoms. The van der Waals surface area contributed by atoms with E-state index in [2.05, 4.69) is 27.8 Å². The molecule has 0 aliphatic heterocycles. The van der Waals surface area contributed by atoms with Crippen molar-refractivity contribution in [2.75, 3.05) is 12.9 Å². The fourth-order valence-corrected chi connectivity index (χ4v) is 4.31. The Hall–Kier alpha value is -2.00. The van der Waals surface area contributed by atoms with Gasteiger partial charge in [-0.05, 0) is 43.0 Å². The van der Waals surface area contributed by atoms with Crippen LogP contribution in [0.1, 0.15) is 45.1 Å². The molecule has 132 valence electrons. The van der Waals surface area contributed by atoms with Crippen molar-refractivity contribution >= 4 is 11.8 Å². The fourth-order valence-electron chi connectivity index (χ4n) is 3.48. The summed E-state index contributed by atoms with van der Waals surface area (Å²) in [5, 5.41) is 18.7. The van der Waals surface area contributed by atoms with Gasteiger partial charge in [-0.25, -0.2) is 0 Å². The molecule has 3 rings (SSSR count). The second kappa shape index (κ2) is 8.39. The zero-order valence-corrected chi connectivity index (χ0v) is 15.6. The molecule has 0 spiro atoms. The van der Waals surface area contributed by atoms with Gasteiger partial charge < -0.3 is 4.74 Å². The zero-order chi connectivity index (χ0) is 17.6. The van der Waals surface area contributed by atoms with Crippen molar-refractivity contribution < 1.29 is 4.74 Å². The number of thioether (sulfide) groups is 1. The molecule has 5 nitrogen and oxygen atoms in total. The Bertz CT molecular complexity index is 735. The van der Waals surface area contributed by atoms with Crippen LogP contribution in [-0.4, -0.2) is 27.6 Å². The van der Waals surface area contributed by atoms with E-state index in [9.17, 15) is 0 Å². The van der Waals surface area contributed by atoms with E-state index in [0.717, 1.165) is 34.5 Å². The molecule has 2 atom stereocenters. The lowest BCUT2D eigenvalue weighted by atomic mass is 9.85. The van der Waals surface area contributed by atoms with Gasteiger partial charge in [0.1, 0.15) is 5.75 Å². The minimum atomic E-state index is 0.422. The topological polar surface area (TPSA) is 63.7 Å². The average molecular weight is 356 g/mol. The number of nitriles is 1. The van der Waals surface area contributed by atoms with Gasteiger partial charge in [-0.1, -0.05) is 31.5 Å². The molecule has 1 aliphatic rings. The summed E-state index contributed by atoms with van der Waals surface area (Å²) in [7, 11) is 1.67. The van der Waals surface area contributed by atoms with Gasteiger partial charge in [0.15, 0.2) is 11.0 Å². The molecular formula is C19H24N4OS. The Morgan fingerprint density at radius 3 is 2.68 bits per heavy atom. The lowest BCUT2D eigenvalue weighted by Crippen LogP contribution is -2.22. The Kier molecular flexibility index (Phi) is 5.98. The van der Waals surface area contributed by atoms with Crippen LogP contribution in [0.15, 0.2) is 29.4 Å². The maximum Gasteiger partial charge on any atom is 0.191 e. The van der Waals surface area contributed by atoms with E-state index < -0.39 is 0 Å². The first-order valence-corrected chi connectivity index (χ1v) is 9.82. The predicted octanol–water partition coefficient (Wildman–Crippen LogP) is 4.71. The van der Waals surface area contributed by atoms with E-state index >= 15 is 0 Å². The molecule has 0 bridgehead atoms. The molecule has 1 aromatic carbocycles. The molecular weight excluding hydrogens is 332 g/mol.